The summed E-state index contributed by atoms with van der Waals surface area (Å²) >= 11 is 5.71. The molecule has 1 aliphatic heterocycles. The molecule has 0 saturated heterocycles. The molecule has 1 N–H and O–H groups in total. The van der Waals surface area contributed by atoms with Gasteiger partial charge in [-0.3, -0.25) is 4.42 Å². The van der Waals surface area contributed by atoms with Gasteiger partial charge in [-0.1, -0.05) is 32.0 Å². The number of allylic oxidation sites excluding steroid dienone is 2. The molecule has 1 aromatic heterocycles. The standard InChI is InChI=1S/C14H19ClFN3O/c1-14(2,3)11-8-13(18-20-11)17-7-6-10-4-5-12(16)19(15)9-10/h4-5,8H,6-7,9H2,1-3H3,(H,17,18). The summed E-state index contributed by atoms with van der Waals surface area (Å²) in [7, 11) is 0. The van der Waals surface area contributed by atoms with Crippen LogP contribution in [0.3, 0.4) is 0 Å². The molecule has 6 heteroatoms. The highest BCUT2D eigenvalue weighted by Gasteiger charge is 2.19. The highest BCUT2D eigenvalue weighted by Crippen LogP contribution is 2.24. The Morgan fingerprint density at radius 1 is 1.45 bits per heavy atom. The molecule has 0 aliphatic carbocycles. The lowest BCUT2D eigenvalue weighted by Crippen LogP contribution is -2.17. The lowest BCUT2D eigenvalue weighted by atomic mass is 9.93. The third-order valence-electron chi connectivity index (χ3n) is 3.03. The van der Waals surface area contributed by atoms with Crippen molar-refractivity contribution in [2.24, 2.45) is 0 Å². The fourth-order valence-corrected chi connectivity index (χ4v) is 2.01. The van der Waals surface area contributed by atoms with E-state index in [1.54, 1.807) is 6.08 Å². The zero-order chi connectivity index (χ0) is 14.8. The van der Waals surface area contributed by atoms with Crippen molar-refractivity contribution < 1.29 is 8.91 Å². The minimum Gasteiger partial charge on any atom is -0.367 e. The molecular weight excluding hydrogens is 281 g/mol. The van der Waals surface area contributed by atoms with Gasteiger partial charge >= 0.3 is 0 Å². The fourth-order valence-electron chi connectivity index (χ4n) is 1.80. The Morgan fingerprint density at radius 2 is 2.20 bits per heavy atom. The van der Waals surface area contributed by atoms with E-state index >= 15 is 0 Å². The van der Waals surface area contributed by atoms with Crippen molar-refractivity contribution in [1.29, 1.82) is 0 Å². The van der Waals surface area contributed by atoms with E-state index in [1.165, 1.54) is 6.08 Å². The average Bonchev–Trinajstić information content (AvgIpc) is 2.82. The van der Waals surface area contributed by atoms with E-state index < -0.39 is 5.95 Å². The van der Waals surface area contributed by atoms with Gasteiger partial charge in [0.05, 0.1) is 6.54 Å². The summed E-state index contributed by atoms with van der Waals surface area (Å²) in [4.78, 5) is 0. The van der Waals surface area contributed by atoms with Crippen LogP contribution in [-0.4, -0.2) is 22.7 Å². The second kappa shape index (κ2) is 5.87. The number of hydrogen-bond donors (Lipinski definition) is 1. The summed E-state index contributed by atoms with van der Waals surface area (Å²) < 4.78 is 19.4. The van der Waals surface area contributed by atoms with E-state index in [1.807, 2.05) is 6.07 Å². The lowest BCUT2D eigenvalue weighted by Gasteiger charge is -2.19. The van der Waals surface area contributed by atoms with Gasteiger partial charge in [0.2, 0.25) is 5.95 Å². The van der Waals surface area contributed by atoms with Crippen LogP contribution in [0.5, 0.6) is 0 Å². The van der Waals surface area contributed by atoms with Crippen molar-refractivity contribution in [1.82, 2.24) is 9.58 Å². The summed E-state index contributed by atoms with van der Waals surface area (Å²) in [5, 5.41) is 7.17. The Labute approximate surface area is 123 Å². The van der Waals surface area contributed by atoms with Crippen molar-refractivity contribution in [3.05, 3.63) is 35.5 Å². The summed E-state index contributed by atoms with van der Waals surface area (Å²) in [6, 6.07) is 1.91. The molecule has 0 radical (unpaired) electrons. The third kappa shape index (κ3) is 3.76. The van der Waals surface area contributed by atoms with Crippen LogP contribution in [0.1, 0.15) is 33.0 Å². The first-order chi connectivity index (χ1) is 9.36. The van der Waals surface area contributed by atoms with Gasteiger partial charge in [-0.2, -0.15) is 4.39 Å². The molecule has 0 saturated carbocycles. The highest BCUT2D eigenvalue weighted by atomic mass is 35.5. The SMILES string of the molecule is CC(C)(C)c1cc(NCCC2=CC=C(F)N(Cl)C2)no1. The summed E-state index contributed by atoms with van der Waals surface area (Å²) in [5.41, 5.74) is 1.01. The minimum absolute atomic E-state index is 0.0553. The molecule has 4 nitrogen and oxygen atoms in total. The maximum Gasteiger partial charge on any atom is 0.204 e. The molecule has 0 amide bonds. The van der Waals surface area contributed by atoms with Crippen LogP contribution in [0, 0.1) is 0 Å². The Morgan fingerprint density at radius 3 is 2.80 bits per heavy atom. The molecule has 0 unspecified atom stereocenters. The van der Waals surface area contributed by atoms with Crippen LogP contribution in [0.2, 0.25) is 0 Å². The van der Waals surface area contributed by atoms with Gasteiger partial charge < -0.3 is 9.84 Å². The van der Waals surface area contributed by atoms with Gasteiger partial charge in [0.1, 0.15) is 5.76 Å². The Bertz CT molecular complexity index is 531. The van der Waals surface area contributed by atoms with Gasteiger partial charge in [-0.25, -0.2) is 0 Å². The van der Waals surface area contributed by atoms with Gasteiger partial charge in [-0.05, 0) is 18.1 Å². The highest BCUT2D eigenvalue weighted by molar-refractivity contribution is 6.14. The zero-order valence-corrected chi connectivity index (χ0v) is 12.7. The van der Waals surface area contributed by atoms with Gasteiger partial charge in [0.15, 0.2) is 5.82 Å². The van der Waals surface area contributed by atoms with Crippen LogP contribution in [0.25, 0.3) is 0 Å². The first kappa shape index (κ1) is 14.9. The number of hydrogen-bond acceptors (Lipinski definition) is 4. The predicted octanol–water partition coefficient (Wildman–Crippen LogP) is 3.98. The molecule has 1 aliphatic rings. The maximum atomic E-state index is 13.0. The molecule has 0 fully saturated rings. The van der Waals surface area contributed by atoms with Crippen LogP contribution >= 0.6 is 11.8 Å². The van der Waals surface area contributed by atoms with E-state index in [0.29, 0.717) is 13.1 Å². The first-order valence-electron chi connectivity index (χ1n) is 6.56. The van der Waals surface area contributed by atoms with Crippen LogP contribution < -0.4 is 5.32 Å². The van der Waals surface area contributed by atoms with E-state index in [2.05, 4.69) is 31.2 Å². The normalized spacial score (nSPS) is 15.9. The second-order valence-corrected chi connectivity index (χ2v) is 6.25. The first-order valence-corrected chi connectivity index (χ1v) is 6.89. The molecule has 1 aromatic rings. The number of aromatic nitrogens is 1. The van der Waals surface area contributed by atoms with Crippen LogP contribution in [0.4, 0.5) is 10.2 Å². The smallest absolute Gasteiger partial charge is 0.204 e. The van der Waals surface area contributed by atoms with Crippen LogP contribution in [-0.2, 0) is 5.41 Å². The summed E-state index contributed by atoms with van der Waals surface area (Å²) in [6.07, 6.45) is 3.91. The number of rotatable bonds is 4. The molecule has 110 valence electrons. The Balaban J connectivity index is 1.84. The molecule has 0 atom stereocenters. The minimum atomic E-state index is -0.422. The number of halogens is 2. The van der Waals surface area contributed by atoms with E-state index in [-0.39, 0.29) is 5.41 Å². The van der Waals surface area contributed by atoms with Gasteiger partial charge in [-0.15, -0.1) is 0 Å². The van der Waals surface area contributed by atoms with Crippen molar-refractivity contribution in [3.8, 4) is 0 Å². The second-order valence-electron chi connectivity index (χ2n) is 5.84. The van der Waals surface area contributed by atoms with E-state index in [9.17, 15) is 4.39 Å². The maximum absolute atomic E-state index is 13.0. The zero-order valence-electron chi connectivity index (χ0n) is 11.9. The quantitative estimate of drug-likeness (QED) is 0.674. The molecule has 0 bridgehead atoms. The van der Waals surface area contributed by atoms with Crippen molar-refractivity contribution >= 4 is 17.6 Å². The largest absolute Gasteiger partial charge is 0.367 e. The average molecular weight is 300 g/mol. The molecule has 2 heterocycles. The Kier molecular flexibility index (Phi) is 4.38. The number of nitrogens with one attached hydrogen (secondary N) is 1. The van der Waals surface area contributed by atoms with Crippen molar-refractivity contribution in [3.63, 3.8) is 0 Å². The molecule has 0 aromatic carbocycles. The summed E-state index contributed by atoms with van der Waals surface area (Å²) in [6.45, 7) is 7.31. The molecule has 20 heavy (non-hydrogen) atoms. The van der Waals surface area contributed by atoms with Crippen molar-refractivity contribution in [2.75, 3.05) is 18.4 Å². The monoisotopic (exact) mass is 299 g/mol. The lowest BCUT2D eigenvalue weighted by molar-refractivity contribution is 0.330. The topological polar surface area (TPSA) is 41.3 Å². The molecule has 0 spiro atoms. The van der Waals surface area contributed by atoms with Crippen LogP contribution in [0.15, 0.2) is 34.3 Å². The fraction of sp³-hybridized carbons (Fsp3) is 0.500. The van der Waals surface area contributed by atoms with E-state index in [4.69, 9.17) is 16.3 Å². The third-order valence-corrected chi connectivity index (χ3v) is 3.31. The molecule has 2 rings (SSSR count). The molecular formula is C14H19ClFN3O. The van der Waals surface area contributed by atoms with Crippen molar-refractivity contribution in [2.45, 2.75) is 32.6 Å². The number of nitrogens with zero attached hydrogens (tertiary/aromatic N) is 2. The summed E-state index contributed by atoms with van der Waals surface area (Å²) in [5.74, 6) is 1.14. The number of anilines is 1. The van der Waals surface area contributed by atoms with Gasteiger partial charge in [0.25, 0.3) is 0 Å². The van der Waals surface area contributed by atoms with Gasteiger partial charge in [0, 0.05) is 29.8 Å². The van der Waals surface area contributed by atoms with E-state index in [0.717, 1.165) is 28.0 Å². The predicted molar refractivity (Wildman–Crippen MR) is 78.1 cm³/mol. The Hall–Kier alpha value is -1.49.